The molecule has 0 aliphatic carbocycles. The van der Waals surface area contributed by atoms with Crippen LogP contribution in [-0.2, 0) is 11.2 Å². The van der Waals surface area contributed by atoms with Gasteiger partial charge in [-0.2, -0.15) is 0 Å². The van der Waals surface area contributed by atoms with Gasteiger partial charge in [0.1, 0.15) is 5.65 Å². The Labute approximate surface area is 89.8 Å². The van der Waals surface area contributed by atoms with Gasteiger partial charge < -0.3 is 10.2 Å². The van der Waals surface area contributed by atoms with Gasteiger partial charge in [-0.15, -0.1) is 0 Å². The van der Waals surface area contributed by atoms with E-state index in [2.05, 4.69) is 4.98 Å². The van der Waals surface area contributed by atoms with E-state index < -0.39 is 11.9 Å². The smallest absolute Gasteiger partial charge is 0.354 e. The van der Waals surface area contributed by atoms with E-state index in [-0.39, 0.29) is 12.1 Å². The molecule has 0 aliphatic rings. The first-order valence-electron chi connectivity index (χ1n) is 4.50. The summed E-state index contributed by atoms with van der Waals surface area (Å²) in [5, 5.41) is 17.6. The van der Waals surface area contributed by atoms with Gasteiger partial charge in [0.05, 0.1) is 12.6 Å². The van der Waals surface area contributed by atoms with Crippen LogP contribution in [-0.4, -0.2) is 31.5 Å². The lowest BCUT2D eigenvalue weighted by atomic mass is 10.2. The van der Waals surface area contributed by atoms with Crippen molar-refractivity contribution in [3.05, 3.63) is 35.8 Å². The quantitative estimate of drug-likeness (QED) is 0.792. The fourth-order valence-electron chi connectivity index (χ4n) is 1.55. The molecule has 0 saturated carbocycles. The highest BCUT2D eigenvalue weighted by atomic mass is 16.4. The molecule has 2 N–H and O–H groups in total. The average Bonchev–Trinajstić information content (AvgIpc) is 2.61. The van der Waals surface area contributed by atoms with Gasteiger partial charge >= 0.3 is 11.9 Å². The summed E-state index contributed by atoms with van der Waals surface area (Å²) in [6.45, 7) is 0. The Morgan fingerprint density at radius 2 is 2.06 bits per heavy atom. The van der Waals surface area contributed by atoms with Crippen molar-refractivity contribution in [2.24, 2.45) is 0 Å². The highest BCUT2D eigenvalue weighted by molar-refractivity contribution is 5.87. The predicted octanol–water partition coefficient (Wildman–Crippen LogP) is 0.660. The minimum atomic E-state index is -1.13. The molecule has 2 rings (SSSR count). The molecule has 0 saturated heterocycles. The van der Waals surface area contributed by atoms with Crippen LogP contribution in [0.5, 0.6) is 0 Å². The standard InChI is InChI=1S/C10H8N2O4/c13-9(14)4-6-2-1-3-8-11-5-7(10(15)16)12(6)8/h1-3,5H,4H2,(H,13,14)(H,15,16). The summed E-state index contributed by atoms with van der Waals surface area (Å²) in [6, 6.07) is 4.83. The third-order valence-corrected chi connectivity index (χ3v) is 2.16. The van der Waals surface area contributed by atoms with E-state index in [1.807, 2.05) is 0 Å². The summed E-state index contributed by atoms with van der Waals surface area (Å²) in [4.78, 5) is 25.4. The SMILES string of the molecule is O=C(O)Cc1cccc2ncc(C(=O)O)n12. The Morgan fingerprint density at radius 1 is 1.31 bits per heavy atom. The molecule has 16 heavy (non-hydrogen) atoms. The second-order valence-corrected chi connectivity index (χ2v) is 3.23. The molecule has 0 aliphatic heterocycles. The summed E-state index contributed by atoms with van der Waals surface area (Å²) in [7, 11) is 0. The second-order valence-electron chi connectivity index (χ2n) is 3.23. The lowest BCUT2D eigenvalue weighted by molar-refractivity contribution is -0.136. The number of nitrogens with zero attached hydrogens (tertiary/aromatic N) is 2. The minimum absolute atomic E-state index is 0.0353. The zero-order valence-electron chi connectivity index (χ0n) is 8.12. The predicted molar refractivity (Wildman–Crippen MR) is 53.5 cm³/mol. The number of imidazole rings is 1. The molecule has 6 heteroatoms. The topological polar surface area (TPSA) is 91.9 Å². The zero-order chi connectivity index (χ0) is 11.7. The van der Waals surface area contributed by atoms with Crippen LogP contribution in [0.25, 0.3) is 5.65 Å². The van der Waals surface area contributed by atoms with Crippen LogP contribution in [0.2, 0.25) is 0 Å². The molecule has 0 spiro atoms. The van der Waals surface area contributed by atoms with Crippen LogP contribution in [0.15, 0.2) is 24.4 Å². The molecular formula is C10H8N2O4. The number of rotatable bonds is 3. The number of aromatic carboxylic acids is 1. The fourth-order valence-corrected chi connectivity index (χ4v) is 1.55. The van der Waals surface area contributed by atoms with Gasteiger partial charge in [-0.3, -0.25) is 9.20 Å². The Balaban J connectivity index is 2.68. The minimum Gasteiger partial charge on any atom is -0.481 e. The van der Waals surface area contributed by atoms with E-state index in [0.717, 1.165) is 0 Å². The fraction of sp³-hybridized carbons (Fsp3) is 0.100. The number of hydrogen-bond donors (Lipinski definition) is 2. The van der Waals surface area contributed by atoms with Crippen LogP contribution in [0.4, 0.5) is 0 Å². The Morgan fingerprint density at radius 3 is 2.69 bits per heavy atom. The van der Waals surface area contributed by atoms with Crippen molar-refractivity contribution >= 4 is 17.6 Å². The number of carboxylic acids is 2. The van der Waals surface area contributed by atoms with Crippen molar-refractivity contribution < 1.29 is 19.8 Å². The van der Waals surface area contributed by atoms with E-state index in [4.69, 9.17) is 10.2 Å². The van der Waals surface area contributed by atoms with Crippen molar-refractivity contribution in [2.75, 3.05) is 0 Å². The van der Waals surface area contributed by atoms with Gasteiger partial charge in [-0.25, -0.2) is 9.78 Å². The van der Waals surface area contributed by atoms with Crippen molar-refractivity contribution in [1.82, 2.24) is 9.38 Å². The second kappa shape index (κ2) is 3.65. The van der Waals surface area contributed by atoms with Crippen LogP contribution in [0, 0.1) is 0 Å². The number of aliphatic carboxylic acids is 1. The number of pyridine rings is 1. The molecule has 0 amide bonds. The Hall–Kier alpha value is -2.37. The maximum Gasteiger partial charge on any atom is 0.354 e. The molecule has 0 unspecified atom stereocenters. The number of fused-ring (bicyclic) bond motifs is 1. The summed E-state index contributed by atoms with van der Waals surface area (Å²) in [5.74, 6) is -2.15. The largest absolute Gasteiger partial charge is 0.481 e. The molecule has 0 bridgehead atoms. The van der Waals surface area contributed by atoms with Crippen molar-refractivity contribution in [3.63, 3.8) is 0 Å². The monoisotopic (exact) mass is 220 g/mol. The van der Waals surface area contributed by atoms with Gasteiger partial charge in [0, 0.05) is 5.69 Å². The third-order valence-electron chi connectivity index (χ3n) is 2.16. The number of aromatic nitrogens is 2. The molecular weight excluding hydrogens is 212 g/mol. The van der Waals surface area contributed by atoms with Crippen LogP contribution in [0.1, 0.15) is 16.2 Å². The summed E-state index contributed by atoms with van der Waals surface area (Å²) in [6.07, 6.45) is 0.969. The number of carbonyl (C=O) groups is 2. The molecule has 0 atom stereocenters. The van der Waals surface area contributed by atoms with Gasteiger partial charge in [-0.05, 0) is 12.1 Å². The summed E-state index contributed by atoms with van der Waals surface area (Å²) >= 11 is 0. The molecule has 2 heterocycles. The van der Waals surface area contributed by atoms with Crippen LogP contribution >= 0.6 is 0 Å². The third kappa shape index (κ3) is 1.60. The first kappa shape index (κ1) is 10.2. The van der Waals surface area contributed by atoms with E-state index >= 15 is 0 Å². The highest BCUT2D eigenvalue weighted by Crippen LogP contribution is 2.11. The van der Waals surface area contributed by atoms with E-state index in [9.17, 15) is 9.59 Å². The molecule has 2 aromatic rings. The molecule has 0 aromatic carbocycles. The van der Waals surface area contributed by atoms with Gasteiger partial charge in [0.2, 0.25) is 0 Å². The van der Waals surface area contributed by atoms with Crippen LogP contribution < -0.4 is 0 Å². The van der Waals surface area contributed by atoms with Gasteiger partial charge in [-0.1, -0.05) is 6.07 Å². The lowest BCUT2D eigenvalue weighted by Gasteiger charge is -2.04. The van der Waals surface area contributed by atoms with Crippen molar-refractivity contribution in [2.45, 2.75) is 6.42 Å². The Bertz CT molecular complexity index is 573. The van der Waals surface area contributed by atoms with Gasteiger partial charge in [0.15, 0.2) is 5.69 Å². The van der Waals surface area contributed by atoms with Crippen LogP contribution in [0.3, 0.4) is 0 Å². The van der Waals surface area contributed by atoms with E-state index in [1.165, 1.54) is 10.6 Å². The number of carboxylic acid groups (broad SMARTS) is 2. The zero-order valence-corrected chi connectivity index (χ0v) is 8.12. The van der Waals surface area contributed by atoms with Crippen molar-refractivity contribution in [1.29, 1.82) is 0 Å². The molecule has 2 aromatic heterocycles. The molecule has 0 fully saturated rings. The first-order valence-corrected chi connectivity index (χ1v) is 4.50. The molecule has 6 nitrogen and oxygen atoms in total. The first-order chi connectivity index (χ1) is 7.59. The Kier molecular flexibility index (Phi) is 2.32. The normalized spacial score (nSPS) is 10.5. The summed E-state index contributed by atoms with van der Waals surface area (Å²) in [5.41, 5.74) is 0.780. The maximum atomic E-state index is 10.9. The molecule has 0 radical (unpaired) electrons. The average molecular weight is 220 g/mol. The van der Waals surface area contributed by atoms with E-state index in [1.54, 1.807) is 18.2 Å². The van der Waals surface area contributed by atoms with E-state index in [0.29, 0.717) is 11.3 Å². The maximum absolute atomic E-state index is 10.9. The van der Waals surface area contributed by atoms with Gasteiger partial charge in [0.25, 0.3) is 0 Å². The number of hydrogen-bond acceptors (Lipinski definition) is 3. The highest BCUT2D eigenvalue weighted by Gasteiger charge is 2.14. The molecule has 82 valence electrons. The van der Waals surface area contributed by atoms with Crippen molar-refractivity contribution in [3.8, 4) is 0 Å². The summed E-state index contributed by atoms with van der Waals surface area (Å²) < 4.78 is 1.33. The lowest BCUT2D eigenvalue weighted by Crippen LogP contribution is -2.10.